The first-order valence-electron chi connectivity index (χ1n) is 24.7. The number of furan rings is 2. The van der Waals surface area contributed by atoms with Crippen LogP contribution >= 0.6 is 0 Å². The van der Waals surface area contributed by atoms with Crippen molar-refractivity contribution in [1.29, 1.82) is 0 Å². The monoisotopic (exact) mass is 1080 g/mol. The molecule has 0 spiro atoms. The molecule has 0 saturated carbocycles. The van der Waals surface area contributed by atoms with Gasteiger partial charge < -0.3 is 13.4 Å². The van der Waals surface area contributed by atoms with Crippen LogP contribution in [0.3, 0.4) is 0 Å². The van der Waals surface area contributed by atoms with Crippen LogP contribution in [-0.2, 0) is 25.5 Å². The predicted molar refractivity (Wildman–Crippen MR) is 279 cm³/mol. The van der Waals surface area contributed by atoms with Gasteiger partial charge in [0.25, 0.3) is 0 Å². The summed E-state index contributed by atoms with van der Waals surface area (Å²) in [6, 6.07) is 55.2. The molecule has 0 amide bonds. The Balaban J connectivity index is 0.000000300. The van der Waals surface area contributed by atoms with Crippen LogP contribution in [0.25, 0.3) is 106 Å². The SMILES string of the molecule is CC(C)(C)c1ccnc(-c2[c-]cccc2)n1.[2H]C([2H])([2H])c1ccc2c(c1)oc1cc3c(nc12)oc1c(-c2nc4ccc5ccccc5c4n2-c2c(C(C)C)cc(-c4ccccc4)cc2C(C)C)[c-]ccc13.[Ir]. The van der Waals surface area contributed by atoms with Gasteiger partial charge in [-0.1, -0.05) is 126 Å². The first kappa shape index (κ1) is 41.9. The number of imidazole rings is 1. The van der Waals surface area contributed by atoms with Crippen molar-refractivity contribution >= 4 is 65.9 Å². The second kappa shape index (κ2) is 18.0. The fraction of sp³-hybridized carbons (Fsp3) is 0.180. The van der Waals surface area contributed by atoms with Crippen LogP contribution in [0.1, 0.15) is 86.8 Å². The van der Waals surface area contributed by atoms with Gasteiger partial charge in [0, 0.05) is 63.4 Å². The first-order valence-corrected chi connectivity index (χ1v) is 23.2. The van der Waals surface area contributed by atoms with Gasteiger partial charge in [0.05, 0.1) is 28.3 Å². The summed E-state index contributed by atoms with van der Waals surface area (Å²) in [6.45, 7) is 13.2. The summed E-state index contributed by atoms with van der Waals surface area (Å²) >= 11 is 0. The Morgan fingerprint density at radius 2 is 1.41 bits per heavy atom. The van der Waals surface area contributed by atoms with Crippen molar-refractivity contribution in [2.45, 2.75) is 72.6 Å². The van der Waals surface area contributed by atoms with Crippen LogP contribution < -0.4 is 0 Å². The first-order chi connectivity index (χ1) is 34.1. The van der Waals surface area contributed by atoms with Crippen molar-refractivity contribution < 1.29 is 33.1 Å². The number of hydrogen-bond acceptors (Lipinski definition) is 6. The molecule has 7 nitrogen and oxygen atoms in total. The summed E-state index contributed by atoms with van der Waals surface area (Å²) in [6.07, 6.45) is 1.81. The van der Waals surface area contributed by atoms with Crippen molar-refractivity contribution in [2.24, 2.45) is 0 Å². The molecular weight excluding hydrogens is 1030 g/mol. The van der Waals surface area contributed by atoms with Gasteiger partial charge in [0.15, 0.2) is 5.58 Å². The molecule has 1 radical (unpaired) electrons. The zero-order valence-electron chi connectivity index (χ0n) is 42.5. The summed E-state index contributed by atoms with van der Waals surface area (Å²) in [5.74, 6) is 1.88. The minimum absolute atomic E-state index is 0. The average molecular weight is 1080 g/mol. The average Bonchev–Trinajstić information content (AvgIpc) is 4.06. The molecule has 0 unspecified atom stereocenters. The quantitative estimate of drug-likeness (QED) is 0.154. The molecule has 0 N–H and O–H groups in total. The normalized spacial score (nSPS) is 12.7. The smallest absolute Gasteiger partial charge is 0.216 e. The van der Waals surface area contributed by atoms with Gasteiger partial charge in [-0.2, -0.15) is 0 Å². The molecule has 7 aromatic carbocycles. The third-order valence-electron chi connectivity index (χ3n) is 12.7. The van der Waals surface area contributed by atoms with Crippen LogP contribution in [0.15, 0.2) is 161 Å². The summed E-state index contributed by atoms with van der Waals surface area (Å²) in [5.41, 5.74) is 13.6. The van der Waals surface area contributed by atoms with Gasteiger partial charge in [-0.05, 0) is 94.4 Å². The number of fused-ring (bicyclic) bond motifs is 9. The van der Waals surface area contributed by atoms with Gasteiger partial charge in [-0.15, -0.1) is 54.1 Å². The van der Waals surface area contributed by atoms with E-state index in [4.69, 9.17) is 22.9 Å². The minimum atomic E-state index is -2.24. The summed E-state index contributed by atoms with van der Waals surface area (Å²) in [4.78, 5) is 19.2. The Labute approximate surface area is 419 Å². The minimum Gasteiger partial charge on any atom is -0.486 e. The van der Waals surface area contributed by atoms with E-state index < -0.39 is 6.85 Å². The molecule has 0 bridgehead atoms. The second-order valence-electron chi connectivity index (χ2n) is 19.1. The van der Waals surface area contributed by atoms with E-state index in [1.54, 1.807) is 18.2 Å². The molecule has 0 aliphatic rings. The Morgan fingerprint density at radius 1 is 0.638 bits per heavy atom. The third kappa shape index (κ3) is 8.22. The molecule has 0 aliphatic heterocycles. The second-order valence-corrected chi connectivity index (χ2v) is 19.1. The number of rotatable bonds is 6. The van der Waals surface area contributed by atoms with Crippen molar-refractivity contribution in [2.75, 3.05) is 0 Å². The molecule has 0 aliphatic carbocycles. The zero-order chi connectivity index (χ0) is 49.3. The number of aromatic nitrogens is 5. The standard InChI is InChI=1S/C47H36N3O2.C14H15N2.Ir/c1-26(2)36-23-31(29-12-7-6-8-13-29)24-37(27(3)4)43(36)50-44-32-15-10-9-14-30(32)19-21-39(44)48-46(50)35-17-11-16-33-38-25-41-42(49-47(38)52-45(33)35)34-20-18-28(5)22-40(34)51-41;1-14(2,3)12-9-10-15-13(16-12)11-7-5-4-6-8-11;/h6-16,18-27H,1-5H3;4-7,9-10H,1-3H3;/q2*-1;/i5D3;;. The maximum atomic E-state index is 7.86. The predicted octanol–water partition coefficient (Wildman–Crippen LogP) is 16.3. The van der Waals surface area contributed by atoms with Gasteiger partial charge in [-0.25, -0.2) is 4.98 Å². The maximum absolute atomic E-state index is 7.86. The van der Waals surface area contributed by atoms with E-state index in [-0.39, 0.29) is 42.9 Å². The molecule has 69 heavy (non-hydrogen) atoms. The van der Waals surface area contributed by atoms with Crippen molar-refractivity contribution in [3.05, 3.63) is 186 Å². The Morgan fingerprint density at radius 3 is 2.14 bits per heavy atom. The van der Waals surface area contributed by atoms with Gasteiger partial charge in [0.2, 0.25) is 5.71 Å². The van der Waals surface area contributed by atoms with E-state index in [0.29, 0.717) is 28.0 Å². The molecule has 12 aromatic rings. The topological polar surface area (TPSA) is 82.8 Å². The maximum Gasteiger partial charge on any atom is 0.216 e. The van der Waals surface area contributed by atoms with Gasteiger partial charge in [-0.3, -0.25) is 15.0 Å². The molecule has 5 aromatic heterocycles. The number of pyridine rings is 1. The number of hydrogen-bond donors (Lipinski definition) is 0. The van der Waals surface area contributed by atoms with E-state index in [9.17, 15) is 0 Å². The van der Waals surface area contributed by atoms with Crippen molar-refractivity contribution in [3.8, 4) is 39.6 Å². The number of benzene rings is 7. The largest absolute Gasteiger partial charge is 0.486 e. The van der Waals surface area contributed by atoms with Crippen LogP contribution in [0.5, 0.6) is 0 Å². The van der Waals surface area contributed by atoms with E-state index >= 15 is 0 Å². The molecule has 343 valence electrons. The zero-order valence-corrected chi connectivity index (χ0v) is 41.9. The number of nitrogens with zero attached hydrogens (tertiary/aromatic N) is 5. The summed E-state index contributed by atoms with van der Waals surface area (Å²) in [5, 5.41) is 4.63. The van der Waals surface area contributed by atoms with Crippen LogP contribution in [0.4, 0.5) is 0 Å². The molecule has 0 atom stereocenters. The van der Waals surface area contributed by atoms with E-state index in [1.807, 2.05) is 54.7 Å². The Hall–Kier alpha value is -7.25. The summed E-state index contributed by atoms with van der Waals surface area (Å²) < 4.78 is 38.9. The summed E-state index contributed by atoms with van der Waals surface area (Å²) in [7, 11) is 0. The third-order valence-corrected chi connectivity index (χ3v) is 12.7. The van der Waals surface area contributed by atoms with E-state index in [2.05, 4.69) is 154 Å². The van der Waals surface area contributed by atoms with E-state index in [1.165, 1.54) is 22.3 Å². The number of aryl methyl sites for hydroxylation is 1. The van der Waals surface area contributed by atoms with E-state index in [0.717, 1.165) is 72.1 Å². The Kier molecular flexibility index (Phi) is 10.9. The van der Waals surface area contributed by atoms with Crippen molar-refractivity contribution in [1.82, 2.24) is 24.5 Å². The molecule has 8 heteroatoms. The fourth-order valence-electron chi connectivity index (χ4n) is 9.28. The fourth-order valence-corrected chi connectivity index (χ4v) is 9.28. The molecule has 5 heterocycles. The molecular formula is C61H51IrN5O2-2. The van der Waals surface area contributed by atoms with Gasteiger partial charge in [0.1, 0.15) is 11.1 Å². The van der Waals surface area contributed by atoms with Crippen LogP contribution in [0, 0.1) is 19.0 Å². The van der Waals surface area contributed by atoms with Crippen molar-refractivity contribution in [3.63, 3.8) is 0 Å². The van der Waals surface area contributed by atoms with Crippen LogP contribution in [0.2, 0.25) is 0 Å². The van der Waals surface area contributed by atoms with Gasteiger partial charge >= 0.3 is 0 Å². The molecule has 0 saturated heterocycles. The molecule has 0 fully saturated rings. The molecule has 12 rings (SSSR count). The Bertz CT molecular complexity index is 3950. The van der Waals surface area contributed by atoms with Crippen LogP contribution in [-0.4, -0.2) is 24.5 Å².